The summed E-state index contributed by atoms with van der Waals surface area (Å²) in [5, 5.41) is 9.35. The Kier molecular flexibility index (Phi) is 3.82. The van der Waals surface area contributed by atoms with Crippen molar-refractivity contribution in [2.75, 3.05) is 5.32 Å². The number of amides is 1. The molecule has 0 atom stereocenters. The van der Waals surface area contributed by atoms with Crippen molar-refractivity contribution in [2.45, 2.75) is 13.8 Å². The van der Waals surface area contributed by atoms with Crippen molar-refractivity contribution >= 4 is 34.0 Å². The lowest BCUT2D eigenvalue weighted by Gasteiger charge is -2.11. The molecule has 0 fully saturated rings. The monoisotopic (exact) mass is 349 g/mol. The number of aryl methyl sites for hydroxylation is 2. The summed E-state index contributed by atoms with van der Waals surface area (Å²) in [4.78, 5) is 18.7. The first-order chi connectivity index (χ1) is 12.1. The van der Waals surface area contributed by atoms with Crippen LogP contribution in [-0.4, -0.2) is 16.0 Å². The van der Waals surface area contributed by atoms with Gasteiger partial charge in [-0.05, 0) is 43.0 Å². The normalized spacial score (nSPS) is 11.0. The van der Waals surface area contributed by atoms with Crippen LogP contribution >= 0.6 is 11.3 Å². The van der Waals surface area contributed by atoms with E-state index < -0.39 is 0 Å². The highest BCUT2D eigenvalue weighted by Crippen LogP contribution is 2.30. The lowest BCUT2D eigenvalue weighted by Crippen LogP contribution is -2.13. The van der Waals surface area contributed by atoms with E-state index in [4.69, 9.17) is 9.51 Å². The number of hydrogen-bond acceptors (Lipinski definition) is 5. The summed E-state index contributed by atoms with van der Waals surface area (Å²) in [5.74, 6) is 0.154. The van der Waals surface area contributed by atoms with Gasteiger partial charge in [-0.1, -0.05) is 22.9 Å². The van der Waals surface area contributed by atoms with E-state index in [1.165, 1.54) is 6.26 Å². The van der Waals surface area contributed by atoms with Gasteiger partial charge in [-0.25, -0.2) is 4.98 Å². The highest BCUT2D eigenvalue weighted by molar-refractivity contribution is 7.13. The third kappa shape index (κ3) is 2.92. The number of nitrogens with one attached hydrogen (secondary N) is 1. The number of rotatable bonds is 3. The molecule has 1 aromatic carbocycles. The Morgan fingerprint density at radius 3 is 2.80 bits per heavy atom. The third-order valence-corrected chi connectivity index (χ3v) is 4.84. The third-order valence-electron chi connectivity index (χ3n) is 3.95. The minimum absolute atomic E-state index is 0.232. The van der Waals surface area contributed by atoms with Crippen LogP contribution in [0.1, 0.15) is 21.5 Å². The Balaban J connectivity index is 1.92. The number of pyridine rings is 1. The SMILES string of the molecule is Cc1cc(C)c2nc(-c3cccs3)cc(C(=O)Nc3ccon3)c2c1. The zero-order chi connectivity index (χ0) is 17.4. The Bertz CT molecular complexity index is 1050. The van der Waals surface area contributed by atoms with Gasteiger partial charge in [0.25, 0.3) is 5.91 Å². The van der Waals surface area contributed by atoms with Crippen molar-refractivity contribution in [1.29, 1.82) is 0 Å². The fraction of sp³-hybridized carbons (Fsp3) is 0.105. The number of carbonyl (C=O) groups excluding carboxylic acids is 1. The molecule has 0 spiro atoms. The van der Waals surface area contributed by atoms with Crippen molar-refractivity contribution in [2.24, 2.45) is 0 Å². The molecule has 4 rings (SSSR count). The number of aromatic nitrogens is 2. The molecule has 0 bridgehead atoms. The van der Waals surface area contributed by atoms with Crippen molar-refractivity contribution in [1.82, 2.24) is 10.1 Å². The molecule has 0 aliphatic heterocycles. The van der Waals surface area contributed by atoms with Crippen LogP contribution in [-0.2, 0) is 0 Å². The topological polar surface area (TPSA) is 68.0 Å². The summed E-state index contributed by atoms with van der Waals surface area (Å²) < 4.78 is 4.78. The largest absolute Gasteiger partial charge is 0.363 e. The molecule has 3 heterocycles. The summed E-state index contributed by atoms with van der Waals surface area (Å²) >= 11 is 1.60. The van der Waals surface area contributed by atoms with Crippen LogP contribution in [0.3, 0.4) is 0 Å². The van der Waals surface area contributed by atoms with Crippen molar-refractivity contribution < 1.29 is 9.32 Å². The molecule has 6 heteroatoms. The molecule has 0 radical (unpaired) electrons. The molecular weight excluding hydrogens is 334 g/mol. The maximum atomic E-state index is 12.9. The molecule has 1 amide bonds. The second-order valence-corrected chi connectivity index (χ2v) is 6.80. The average Bonchev–Trinajstić information content (AvgIpc) is 3.27. The fourth-order valence-corrected chi connectivity index (χ4v) is 3.57. The number of anilines is 1. The molecule has 0 aliphatic rings. The standard InChI is InChI=1S/C19H15N3O2S/c1-11-8-12(2)18-13(9-11)14(19(23)21-17-5-6-24-22-17)10-15(20-18)16-4-3-7-25-16/h3-10H,1-2H3,(H,21,22,23). The van der Waals surface area contributed by atoms with Crippen LogP contribution in [0, 0.1) is 13.8 Å². The van der Waals surface area contributed by atoms with E-state index in [9.17, 15) is 4.79 Å². The van der Waals surface area contributed by atoms with E-state index >= 15 is 0 Å². The van der Waals surface area contributed by atoms with Crippen molar-refractivity contribution in [3.8, 4) is 10.6 Å². The van der Waals surface area contributed by atoms with E-state index in [0.29, 0.717) is 11.4 Å². The van der Waals surface area contributed by atoms with Crippen LogP contribution in [0.15, 0.2) is 52.6 Å². The Labute approximate surface area is 148 Å². The molecule has 0 unspecified atom stereocenters. The van der Waals surface area contributed by atoms with Gasteiger partial charge in [-0.3, -0.25) is 4.79 Å². The Hall–Kier alpha value is -2.99. The second-order valence-electron chi connectivity index (χ2n) is 5.85. The van der Waals surface area contributed by atoms with E-state index in [2.05, 4.69) is 16.5 Å². The van der Waals surface area contributed by atoms with Crippen LogP contribution < -0.4 is 5.32 Å². The summed E-state index contributed by atoms with van der Waals surface area (Å²) in [7, 11) is 0. The zero-order valence-corrected chi connectivity index (χ0v) is 14.6. The number of nitrogens with zero attached hydrogens (tertiary/aromatic N) is 2. The number of carbonyl (C=O) groups is 1. The second kappa shape index (κ2) is 6.14. The smallest absolute Gasteiger partial charge is 0.257 e. The van der Waals surface area contributed by atoms with Gasteiger partial charge in [0.1, 0.15) is 6.26 Å². The molecule has 4 aromatic rings. The molecular formula is C19H15N3O2S. The number of hydrogen-bond donors (Lipinski definition) is 1. The minimum atomic E-state index is -0.232. The molecule has 5 nitrogen and oxygen atoms in total. The van der Waals surface area contributed by atoms with Gasteiger partial charge in [0.2, 0.25) is 0 Å². The predicted octanol–water partition coefficient (Wildman–Crippen LogP) is 4.82. The molecule has 124 valence electrons. The Morgan fingerprint density at radius 1 is 1.20 bits per heavy atom. The quantitative estimate of drug-likeness (QED) is 0.576. The highest BCUT2D eigenvalue weighted by atomic mass is 32.1. The molecule has 0 saturated heterocycles. The number of thiophene rings is 1. The van der Waals surface area contributed by atoms with Crippen molar-refractivity contribution in [3.05, 3.63) is 64.7 Å². The lowest BCUT2D eigenvalue weighted by molar-refractivity contribution is 0.102. The van der Waals surface area contributed by atoms with Gasteiger partial charge < -0.3 is 9.84 Å². The van der Waals surface area contributed by atoms with E-state index in [1.807, 2.05) is 43.5 Å². The highest BCUT2D eigenvalue weighted by Gasteiger charge is 2.17. The van der Waals surface area contributed by atoms with E-state index in [-0.39, 0.29) is 5.91 Å². The average molecular weight is 349 g/mol. The van der Waals surface area contributed by atoms with Crippen LogP contribution in [0.2, 0.25) is 0 Å². The van der Waals surface area contributed by atoms with Gasteiger partial charge >= 0.3 is 0 Å². The maximum absolute atomic E-state index is 12.9. The summed E-state index contributed by atoms with van der Waals surface area (Å²) in [6.45, 7) is 4.03. The van der Waals surface area contributed by atoms with Crippen LogP contribution in [0.25, 0.3) is 21.5 Å². The Morgan fingerprint density at radius 2 is 2.08 bits per heavy atom. The van der Waals surface area contributed by atoms with Gasteiger partial charge in [-0.15, -0.1) is 11.3 Å². The molecule has 3 aromatic heterocycles. The molecule has 0 aliphatic carbocycles. The van der Waals surface area contributed by atoms with Gasteiger partial charge in [-0.2, -0.15) is 0 Å². The van der Waals surface area contributed by atoms with Crippen molar-refractivity contribution in [3.63, 3.8) is 0 Å². The first kappa shape index (κ1) is 15.5. The summed E-state index contributed by atoms with van der Waals surface area (Å²) in [6.07, 6.45) is 1.42. The van der Waals surface area contributed by atoms with Gasteiger partial charge in [0.05, 0.1) is 21.7 Å². The van der Waals surface area contributed by atoms with Gasteiger partial charge in [0, 0.05) is 11.5 Å². The molecule has 25 heavy (non-hydrogen) atoms. The number of benzene rings is 1. The summed E-state index contributed by atoms with van der Waals surface area (Å²) in [5.41, 5.74) is 4.33. The lowest BCUT2D eigenvalue weighted by atomic mass is 10.0. The minimum Gasteiger partial charge on any atom is -0.363 e. The predicted molar refractivity (Wildman–Crippen MR) is 99.0 cm³/mol. The van der Waals surface area contributed by atoms with Gasteiger partial charge in [0.15, 0.2) is 5.82 Å². The first-order valence-corrected chi connectivity index (χ1v) is 8.67. The van der Waals surface area contributed by atoms with E-state index in [0.717, 1.165) is 32.6 Å². The molecule has 1 N–H and O–H groups in total. The number of fused-ring (bicyclic) bond motifs is 1. The fourth-order valence-electron chi connectivity index (χ4n) is 2.88. The van der Waals surface area contributed by atoms with Crippen LogP contribution in [0.5, 0.6) is 0 Å². The van der Waals surface area contributed by atoms with E-state index in [1.54, 1.807) is 17.4 Å². The maximum Gasteiger partial charge on any atom is 0.257 e. The molecule has 0 saturated carbocycles. The van der Waals surface area contributed by atoms with Crippen LogP contribution in [0.4, 0.5) is 5.82 Å². The zero-order valence-electron chi connectivity index (χ0n) is 13.7. The summed E-state index contributed by atoms with van der Waals surface area (Å²) in [6, 6.07) is 11.5. The first-order valence-electron chi connectivity index (χ1n) is 7.79.